The highest BCUT2D eigenvalue weighted by molar-refractivity contribution is 6.05. The summed E-state index contributed by atoms with van der Waals surface area (Å²) < 4.78 is 12.9. The predicted octanol–water partition coefficient (Wildman–Crippen LogP) is 4.44. The lowest BCUT2D eigenvalue weighted by Crippen LogP contribution is -2.24. The molecule has 0 spiro atoms. The van der Waals surface area contributed by atoms with Gasteiger partial charge in [0, 0.05) is 23.4 Å². The molecule has 2 N–H and O–H groups in total. The molecule has 0 aliphatic heterocycles. The zero-order valence-electron chi connectivity index (χ0n) is 15.3. The minimum absolute atomic E-state index is 0.168. The quantitative estimate of drug-likeness (QED) is 0.599. The Morgan fingerprint density at radius 3 is 2.00 bits per heavy atom. The van der Waals surface area contributed by atoms with Crippen LogP contribution in [0.15, 0.2) is 78.9 Å². The average Bonchev–Trinajstić information content (AvgIpc) is 2.73. The standard InChI is InChI=1S/C23H21FN2O2/c24-20-12-14-21(15-13-20)26-23(28)19-10-8-18(9-11-19)22(27)25-16-4-7-17-5-2-1-3-6-17/h1-3,5-6,8-15H,4,7,16H2,(H,25,27)(H,26,28). The molecule has 0 atom stereocenters. The summed E-state index contributed by atoms with van der Waals surface area (Å²) in [6, 6.07) is 22.1. The zero-order valence-corrected chi connectivity index (χ0v) is 15.3. The largest absolute Gasteiger partial charge is 0.352 e. The van der Waals surface area contributed by atoms with Crippen molar-refractivity contribution < 1.29 is 14.0 Å². The first-order valence-corrected chi connectivity index (χ1v) is 9.11. The second-order valence-electron chi connectivity index (χ2n) is 6.38. The summed E-state index contributed by atoms with van der Waals surface area (Å²) in [5, 5.41) is 5.57. The Labute approximate surface area is 163 Å². The summed E-state index contributed by atoms with van der Waals surface area (Å²) in [5.74, 6) is -0.850. The molecule has 5 heteroatoms. The fourth-order valence-electron chi connectivity index (χ4n) is 2.75. The van der Waals surface area contributed by atoms with Gasteiger partial charge in [-0.2, -0.15) is 0 Å². The van der Waals surface area contributed by atoms with Crippen LogP contribution in [0.25, 0.3) is 0 Å². The molecule has 0 aliphatic carbocycles. The third-order valence-corrected chi connectivity index (χ3v) is 4.28. The van der Waals surface area contributed by atoms with E-state index in [2.05, 4.69) is 22.8 Å². The van der Waals surface area contributed by atoms with Gasteiger partial charge in [0.05, 0.1) is 0 Å². The third kappa shape index (κ3) is 5.51. The van der Waals surface area contributed by atoms with Gasteiger partial charge in [-0.1, -0.05) is 30.3 Å². The average molecular weight is 376 g/mol. The van der Waals surface area contributed by atoms with Crippen molar-refractivity contribution in [3.05, 3.63) is 101 Å². The molecular weight excluding hydrogens is 355 g/mol. The number of carbonyl (C=O) groups is 2. The van der Waals surface area contributed by atoms with E-state index in [0.717, 1.165) is 12.8 Å². The molecule has 28 heavy (non-hydrogen) atoms. The lowest BCUT2D eigenvalue weighted by Gasteiger charge is -2.08. The number of rotatable bonds is 7. The van der Waals surface area contributed by atoms with Crippen molar-refractivity contribution >= 4 is 17.5 Å². The molecule has 0 saturated carbocycles. The normalized spacial score (nSPS) is 10.3. The van der Waals surface area contributed by atoms with Gasteiger partial charge in [-0.05, 0) is 66.9 Å². The van der Waals surface area contributed by atoms with Crippen molar-refractivity contribution in [3.8, 4) is 0 Å². The Morgan fingerprint density at radius 2 is 1.36 bits per heavy atom. The second kappa shape index (κ2) is 9.46. The Kier molecular flexibility index (Phi) is 6.52. The van der Waals surface area contributed by atoms with E-state index >= 15 is 0 Å². The van der Waals surface area contributed by atoms with Gasteiger partial charge in [0.15, 0.2) is 0 Å². The van der Waals surface area contributed by atoms with Gasteiger partial charge in [-0.3, -0.25) is 9.59 Å². The smallest absolute Gasteiger partial charge is 0.255 e. The number of nitrogens with one attached hydrogen (secondary N) is 2. The van der Waals surface area contributed by atoms with Gasteiger partial charge >= 0.3 is 0 Å². The maximum absolute atomic E-state index is 12.9. The van der Waals surface area contributed by atoms with Crippen molar-refractivity contribution in [1.29, 1.82) is 0 Å². The monoisotopic (exact) mass is 376 g/mol. The molecule has 0 radical (unpaired) electrons. The Hall–Kier alpha value is -3.47. The van der Waals surface area contributed by atoms with E-state index in [1.54, 1.807) is 24.3 Å². The van der Waals surface area contributed by atoms with Crippen molar-refractivity contribution in [2.75, 3.05) is 11.9 Å². The van der Waals surface area contributed by atoms with Crippen molar-refractivity contribution in [1.82, 2.24) is 5.32 Å². The molecule has 0 aliphatic rings. The minimum atomic E-state index is -0.364. The number of anilines is 1. The summed E-state index contributed by atoms with van der Waals surface area (Å²) >= 11 is 0. The van der Waals surface area contributed by atoms with Gasteiger partial charge in [-0.15, -0.1) is 0 Å². The van der Waals surface area contributed by atoms with Gasteiger partial charge in [0.1, 0.15) is 5.82 Å². The molecule has 0 heterocycles. The van der Waals surface area contributed by atoms with Crippen molar-refractivity contribution in [3.63, 3.8) is 0 Å². The van der Waals surface area contributed by atoms with Crippen LogP contribution in [-0.2, 0) is 6.42 Å². The van der Waals surface area contributed by atoms with Gasteiger partial charge in [0.2, 0.25) is 0 Å². The number of aryl methyl sites for hydroxylation is 1. The van der Waals surface area contributed by atoms with E-state index < -0.39 is 0 Å². The number of amides is 2. The van der Waals surface area contributed by atoms with E-state index in [1.807, 2.05) is 18.2 Å². The molecule has 0 unspecified atom stereocenters. The summed E-state index contributed by atoms with van der Waals surface area (Å²) in [7, 11) is 0. The molecule has 2 amide bonds. The number of hydrogen-bond acceptors (Lipinski definition) is 2. The molecule has 3 aromatic rings. The van der Waals surface area contributed by atoms with Crippen LogP contribution in [0.5, 0.6) is 0 Å². The predicted molar refractivity (Wildman–Crippen MR) is 108 cm³/mol. The lowest BCUT2D eigenvalue weighted by molar-refractivity contribution is 0.0951. The van der Waals surface area contributed by atoms with Crippen LogP contribution >= 0.6 is 0 Å². The van der Waals surface area contributed by atoms with Crippen LogP contribution in [0.2, 0.25) is 0 Å². The fourth-order valence-corrected chi connectivity index (χ4v) is 2.75. The maximum Gasteiger partial charge on any atom is 0.255 e. The molecule has 0 aromatic heterocycles. The SMILES string of the molecule is O=C(NCCCc1ccccc1)c1ccc(C(=O)Nc2ccc(F)cc2)cc1. The molecular formula is C23H21FN2O2. The molecule has 142 valence electrons. The van der Waals surface area contributed by atoms with Crippen LogP contribution in [0.3, 0.4) is 0 Å². The highest BCUT2D eigenvalue weighted by atomic mass is 19.1. The van der Waals surface area contributed by atoms with E-state index in [1.165, 1.54) is 29.8 Å². The first-order valence-electron chi connectivity index (χ1n) is 9.11. The van der Waals surface area contributed by atoms with Gasteiger partial charge < -0.3 is 10.6 Å². The Balaban J connectivity index is 1.48. The number of benzene rings is 3. The van der Waals surface area contributed by atoms with Gasteiger partial charge in [-0.25, -0.2) is 4.39 Å². The number of carbonyl (C=O) groups excluding carboxylic acids is 2. The topological polar surface area (TPSA) is 58.2 Å². The molecule has 0 saturated heterocycles. The summed E-state index contributed by atoms with van der Waals surface area (Å²) in [5.41, 5.74) is 2.67. The first-order chi connectivity index (χ1) is 13.6. The lowest BCUT2D eigenvalue weighted by atomic mass is 10.1. The maximum atomic E-state index is 12.9. The van der Waals surface area contributed by atoms with Crippen molar-refractivity contribution in [2.24, 2.45) is 0 Å². The van der Waals surface area contributed by atoms with Crippen LogP contribution in [0, 0.1) is 5.82 Å². The minimum Gasteiger partial charge on any atom is -0.352 e. The Morgan fingerprint density at radius 1 is 0.750 bits per heavy atom. The van der Waals surface area contributed by atoms with E-state index in [-0.39, 0.29) is 17.6 Å². The second-order valence-corrected chi connectivity index (χ2v) is 6.38. The molecule has 0 bridgehead atoms. The number of hydrogen-bond donors (Lipinski definition) is 2. The zero-order chi connectivity index (χ0) is 19.8. The molecule has 3 aromatic carbocycles. The first kappa shape index (κ1) is 19.3. The van der Waals surface area contributed by atoms with Crippen LogP contribution < -0.4 is 10.6 Å². The highest BCUT2D eigenvalue weighted by Gasteiger charge is 2.09. The van der Waals surface area contributed by atoms with Crippen LogP contribution in [-0.4, -0.2) is 18.4 Å². The third-order valence-electron chi connectivity index (χ3n) is 4.28. The summed E-state index contributed by atoms with van der Waals surface area (Å²) in [6.45, 7) is 0.584. The Bertz CT molecular complexity index is 923. The van der Waals surface area contributed by atoms with E-state index in [4.69, 9.17) is 0 Å². The molecule has 0 fully saturated rings. The summed E-state index contributed by atoms with van der Waals surface area (Å²) in [4.78, 5) is 24.4. The van der Waals surface area contributed by atoms with Crippen LogP contribution in [0.4, 0.5) is 10.1 Å². The van der Waals surface area contributed by atoms with E-state index in [0.29, 0.717) is 23.4 Å². The van der Waals surface area contributed by atoms with Crippen LogP contribution in [0.1, 0.15) is 32.7 Å². The van der Waals surface area contributed by atoms with E-state index in [9.17, 15) is 14.0 Å². The van der Waals surface area contributed by atoms with Gasteiger partial charge in [0.25, 0.3) is 11.8 Å². The molecule has 4 nitrogen and oxygen atoms in total. The van der Waals surface area contributed by atoms with Crippen molar-refractivity contribution in [2.45, 2.75) is 12.8 Å². The fraction of sp³-hybridized carbons (Fsp3) is 0.130. The number of halogens is 1. The summed E-state index contributed by atoms with van der Waals surface area (Å²) in [6.07, 6.45) is 1.76. The molecule has 3 rings (SSSR count). The highest BCUT2D eigenvalue weighted by Crippen LogP contribution is 2.11.